The van der Waals surface area contributed by atoms with E-state index in [1.807, 2.05) is 24.3 Å². The average Bonchev–Trinajstić information content (AvgIpc) is 3.04. The Morgan fingerprint density at radius 2 is 1.70 bits per heavy atom. The van der Waals surface area contributed by atoms with Crippen molar-refractivity contribution in [1.29, 1.82) is 10.5 Å². The van der Waals surface area contributed by atoms with E-state index in [9.17, 15) is 10.5 Å². The molecule has 4 nitrogen and oxygen atoms in total. The summed E-state index contributed by atoms with van der Waals surface area (Å²) < 4.78 is 5.84. The van der Waals surface area contributed by atoms with Gasteiger partial charge in [0.1, 0.15) is 18.2 Å². The molecule has 2 atom stereocenters. The summed E-state index contributed by atoms with van der Waals surface area (Å²) in [5, 5.41) is 22.6. The number of hydrogen-bond acceptors (Lipinski definition) is 4. The number of ether oxygens (including phenoxy) is 1. The lowest BCUT2D eigenvalue weighted by Gasteiger charge is -2.22. The molecule has 0 radical (unpaired) electrons. The summed E-state index contributed by atoms with van der Waals surface area (Å²) in [6, 6.07) is 16.9. The molecule has 2 unspecified atom stereocenters. The Kier molecular flexibility index (Phi) is 4.48. The van der Waals surface area contributed by atoms with E-state index >= 15 is 0 Å². The molecule has 1 heterocycles. The van der Waals surface area contributed by atoms with Crippen molar-refractivity contribution in [3.8, 4) is 12.1 Å². The first kappa shape index (κ1) is 15.4. The maximum Gasteiger partial charge on any atom is 0.103 e. The third-order valence-corrected chi connectivity index (χ3v) is 4.18. The van der Waals surface area contributed by atoms with Gasteiger partial charge in [0.15, 0.2) is 0 Å². The van der Waals surface area contributed by atoms with Crippen LogP contribution in [0.15, 0.2) is 42.5 Å². The van der Waals surface area contributed by atoms with Crippen molar-refractivity contribution >= 4 is 17.3 Å². The number of benzene rings is 2. The van der Waals surface area contributed by atoms with Crippen LogP contribution in [-0.4, -0.2) is 12.6 Å². The van der Waals surface area contributed by atoms with Crippen molar-refractivity contribution in [2.24, 2.45) is 0 Å². The van der Waals surface area contributed by atoms with Crippen LogP contribution in [0.1, 0.15) is 29.2 Å². The van der Waals surface area contributed by atoms with Gasteiger partial charge in [0.25, 0.3) is 0 Å². The fourth-order valence-electron chi connectivity index (χ4n) is 2.80. The minimum Gasteiger partial charge on any atom is -0.377 e. The highest BCUT2D eigenvalue weighted by molar-refractivity contribution is 6.30. The van der Waals surface area contributed by atoms with Gasteiger partial charge >= 0.3 is 0 Å². The van der Waals surface area contributed by atoms with Crippen LogP contribution in [0.5, 0.6) is 0 Å². The van der Waals surface area contributed by atoms with Crippen LogP contribution < -0.4 is 5.32 Å². The molecule has 0 bridgehead atoms. The van der Waals surface area contributed by atoms with Gasteiger partial charge < -0.3 is 10.1 Å². The molecule has 0 aromatic heterocycles. The molecule has 3 rings (SSSR count). The molecule has 1 saturated heterocycles. The Bertz CT molecular complexity index is 757. The zero-order valence-corrected chi connectivity index (χ0v) is 13.0. The Morgan fingerprint density at radius 1 is 1.04 bits per heavy atom. The van der Waals surface area contributed by atoms with Crippen molar-refractivity contribution in [1.82, 2.24) is 0 Å². The standard InChI is InChI=1S/C18H14ClN3O/c19-15-6-4-12(5-7-15)18-16(8-9-23-18)22-17-13(10-20)2-1-3-14(17)11-21/h1-7,16,18,22H,8-9H2. The summed E-state index contributed by atoms with van der Waals surface area (Å²) in [7, 11) is 0. The van der Waals surface area contributed by atoms with E-state index in [4.69, 9.17) is 16.3 Å². The predicted octanol–water partition coefficient (Wildman–Crippen LogP) is 4.03. The number of halogens is 1. The maximum atomic E-state index is 9.28. The van der Waals surface area contributed by atoms with Crippen LogP contribution in [0.4, 0.5) is 5.69 Å². The monoisotopic (exact) mass is 323 g/mol. The van der Waals surface area contributed by atoms with Gasteiger partial charge in [-0.2, -0.15) is 10.5 Å². The van der Waals surface area contributed by atoms with E-state index in [1.165, 1.54) is 0 Å². The van der Waals surface area contributed by atoms with Gasteiger partial charge in [0, 0.05) is 11.6 Å². The van der Waals surface area contributed by atoms with Crippen molar-refractivity contribution in [3.63, 3.8) is 0 Å². The van der Waals surface area contributed by atoms with E-state index in [2.05, 4.69) is 17.5 Å². The van der Waals surface area contributed by atoms with E-state index in [1.54, 1.807) is 18.2 Å². The quantitative estimate of drug-likeness (QED) is 0.926. The SMILES string of the molecule is N#Cc1cccc(C#N)c1NC1CCOC1c1ccc(Cl)cc1. The third kappa shape index (κ3) is 3.14. The highest BCUT2D eigenvalue weighted by Crippen LogP contribution is 2.33. The number of anilines is 1. The number of para-hydroxylation sites is 1. The van der Waals surface area contributed by atoms with Gasteiger partial charge in [-0.05, 0) is 36.2 Å². The van der Waals surface area contributed by atoms with Crippen molar-refractivity contribution in [2.45, 2.75) is 18.6 Å². The molecule has 2 aromatic carbocycles. The number of nitrogens with one attached hydrogen (secondary N) is 1. The average molecular weight is 324 g/mol. The lowest BCUT2D eigenvalue weighted by atomic mass is 10.0. The predicted molar refractivity (Wildman–Crippen MR) is 88.0 cm³/mol. The Hall–Kier alpha value is -2.53. The van der Waals surface area contributed by atoms with Crippen LogP contribution >= 0.6 is 11.6 Å². The molecule has 23 heavy (non-hydrogen) atoms. The third-order valence-electron chi connectivity index (χ3n) is 3.93. The molecule has 0 saturated carbocycles. The molecule has 0 amide bonds. The molecular weight excluding hydrogens is 310 g/mol. The molecule has 1 fully saturated rings. The van der Waals surface area contributed by atoms with Crippen LogP contribution in [0.25, 0.3) is 0 Å². The largest absolute Gasteiger partial charge is 0.377 e. The van der Waals surface area contributed by atoms with Gasteiger partial charge in [-0.25, -0.2) is 0 Å². The van der Waals surface area contributed by atoms with Gasteiger partial charge in [-0.15, -0.1) is 0 Å². The van der Waals surface area contributed by atoms with E-state index < -0.39 is 0 Å². The molecule has 1 aliphatic rings. The summed E-state index contributed by atoms with van der Waals surface area (Å²) in [6.07, 6.45) is 0.670. The van der Waals surface area contributed by atoms with Gasteiger partial charge in [0.05, 0.1) is 22.9 Å². The van der Waals surface area contributed by atoms with E-state index in [-0.39, 0.29) is 12.1 Å². The number of rotatable bonds is 3. The highest BCUT2D eigenvalue weighted by Gasteiger charge is 2.30. The number of hydrogen-bond donors (Lipinski definition) is 1. The first-order chi connectivity index (χ1) is 11.2. The summed E-state index contributed by atoms with van der Waals surface area (Å²) in [4.78, 5) is 0. The molecular formula is C18H14ClN3O. The Morgan fingerprint density at radius 3 is 2.30 bits per heavy atom. The molecule has 1 N–H and O–H groups in total. The van der Waals surface area contributed by atoms with Gasteiger partial charge in [0.2, 0.25) is 0 Å². The van der Waals surface area contributed by atoms with Gasteiger partial charge in [-0.1, -0.05) is 29.8 Å². The molecule has 5 heteroatoms. The summed E-state index contributed by atoms with van der Waals surface area (Å²) in [5.74, 6) is 0. The summed E-state index contributed by atoms with van der Waals surface area (Å²) >= 11 is 5.94. The zero-order chi connectivity index (χ0) is 16.2. The van der Waals surface area contributed by atoms with Crippen molar-refractivity contribution < 1.29 is 4.74 Å². The second-order valence-corrected chi connectivity index (χ2v) is 5.77. The number of nitrogens with zero attached hydrogens (tertiary/aromatic N) is 2. The molecule has 1 aliphatic heterocycles. The van der Waals surface area contributed by atoms with Crippen LogP contribution in [0.3, 0.4) is 0 Å². The zero-order valence-electron chi connectivity index (χ0n) is 12.3. The Labute approximate surface area is 139 Å². The van der Waals surface area contributed by atoms with Crippen LogP contribution in [0, 0.1) is 22.7 Å². The molecule has 0 spiro atoms. The normalized spacial score (nSPS) is 19.8. The smallest absolute Gasteiger partial charge is 0.103 e. The summed E-state index contributed by atoms with van der Waals surface area (Å²) in [6.45, 7) is 0.627. The maximum absolute atomic E-state index is 9.28. The van der Waals surface area contributed by atoms with E-state index in [0.29, 0.717) is 28.4 Å². The minimum absolute atomic E-state index is 0.00206. The first-order valence-electron chi connectivity index (χ1n) is 7.29. The number of nitriles is 2. The Balaban J connectivity index is 1.89. The summed E-state index contributed by atoms with van der Waals surface area (Å²) in [5.41, 5.74) is 2.53. The highest BCUT2D eigenvalue weighted by atomic mass is 35.5. The van der Waals surface area contributed by atoms with Crippen LogP contribution in [0.2, 0.25) is 5.02 Å². The van der Waals surface area contributed by atoms with Crippen molar-refractivity contribution in [2.75, 3.05) is 11.9 Å². The fourth-order valence-corrected chi connectivity index (χ4v) is 2.92. The molecule has 114 valence electrons. The van der Waals surface area contributed by atoms with Gasteiger partial charge in [-0.3, -0.25) is 0 Å². The lowest BCUT2D eigenvalue weighted by molar-refractivity contribution is 0.107. The first-order valence-corrected chi connectivity index (χ1v) is 7.67. The van der Waals surface area contributed by atoms with Crippen LogP contribution in [-0.2, 0) is 4.74 Å². The lowest BCUT2D eigenvalue weighted by Crippen LogP contribution is -2.24. The molecule has 0 aliphatic carbocycles. The molecule has 2 aromatic rings. The fraction of sp³-hybridized carbons (Fsp3) is 0.222. The second kappa shape index (κ2) is 6.71. The van der Waals surface area contributed by atoms with E-state index in [0.717, 1.165) is 12.0 Å². The minimum atomic E-state index is -0.134. The second-order valence-electron chi connectivity index (χ2n) is 5.33. The topological polar surface area (TPSA) is 68.8 Å². The van der Waals surface area contributed by atoms with Crippen molar-refractivity contribution in [3.05, 3.63) is 64.2 Å².